The smallest absolute Gasteiger partial charge is 0.231 e. The van der Waals surface area contributed by atoms with E-state index in [1.54, 1.807) is 19.1 Å². The van der Waals surface area contributed by atoms with Gasteiger partial charge in [0.25, 0.3) is 0 Å². The molecule has 48 heavy (non-hydrogen) atoms. The Balaban J connectivity index is 1.17. The molecule has 3 aliphatic rings. The van der Waals surface area contributed by atoms with Gasteiger partial charge in [-0.2, -0.15) is 0 Å². The van der Waals surface area contributed by atoms with Gasteiger partial charge in [0.2, 0.25) is 17.7 Å². The van der Waals surface area contributed by atoms with Crippen molar-refractivity contribution >= 4 is 11.7 Å². The van der Waals surface area contributed by atoms with E-state index in [4.69, 9.17) is 19.4 Å². The Morgan fingerprint density at radius 1 is 0.792 bits per heavy atom. The SMILES string of the molecule is COc1nc(-c2cccc(-c3cccc(-c4ccc(C5=NCCN5C(=O)C5CC5)c(OC)n4)c3C)c2C)ccc1CC[C@@H]1CCC[C@@H]1O. The maximum Gasteiger partial charge on any atom is 0.231 e. The molecule has 1 amide bonds. The number of rotatable bonds is 10. The number of amidine groups is 1. The summed E-state index contributed by atoms with van der Waals surface area (Å²) in [6, 6.07) is 20.9. The Bertz CT molecular complexity index is 1880. The third kappa shape index (κ3) is 6.10. The normalized spacial score (nSPS) is 19.0. The van der Waals surface area contributed by atoms with Crippen LogP contribution in [0, 0.1) is 25.7 Å². The predicted molar refractivity (Wildman–Crippen MR) is 188 cm³/mol. The molecule has 0 bridgehead atoms. The number of aromatic nitrogens is 2. The maximum absolute atomic E-state index is 12.9. The molecule has 2 aromatic carbocycles. The van der Waals surface area contributed by atoms with E-state index in [1.807, 2.05) is 12.1 Å². The van der Waals surface area contributed by atoms with Crippen LogP contribution in [0.15, 0.2) is 65.7 Å². The third-order valence-electron chi connectivity index (χ3n) is 10.4. The minimum Gasteiger partial charge on any atom is -0.481 e. The molecule has 2 aliphatic carbocycles. The Kier molecular flexibility index (Phi) is 9.01. The lowest BCUT2D eigenvalue weighted by atomic mass is 9.89. The topological polar surface area (TPSA) is 97.1 Å². The molecule has 2 aromatic heterocycles. The summed E-state index contributed by atoms with van der Waals surface area (Å²) in [4.78, 5) is 29.3. The number of carbonyl (C=O) groups is 1. The highest BCUT2D eigenvalue weighted by Crippen LogP contribution is 2.38. The van der Waals surface area contributed by atoms with Gasteiger partial charge in [-0.1, -0.05) is 48.9 Å². The summed E-state index contributed by atoms with van der Waals surface area (Å²) in [7, 11) is 3.30. The average Bonchev–Trinajstić information content (AvgIpc) is 3.71. The molecule has 0 radical (unpaired) electrons. The average molecular weight is 645 g/mol. The standard InChI is InChI=1S/C40H44N4O4/c1-24-29(9-6-11-31(24)34-20-18-27(38(42-34)47-3)15-14-26-8-5-13-36(26)45)30-10-7-12-32(25(30)2)35-21-19-33(39(43-35)48-4)37-41-22-23-44(37)40(46)28-16-17-28/h6-7,9-12,18-21,26,28,36,45H,5,8,13-17,22-23H2,1-4H3/t26-,36-/m0/s1. The first kappa shape index (κ1) is 32.0. The molecule has 3 heterocycles. The molecule has 2 fully saturated rings. The molecule has 2 atom stereocenters. The number of benzene rings is 2. The highest BCUT2D eigenvalue weighted by molar-refractivity contribution is 6.11. The second kappa shape index (κ2) is 13.5. The minimum absolute atomic E-state index is 0.123. The van der Waals surface area contributed by atoms with E-state index in [1.165, 1.54) is 0 Å². The first-order valence-electron chi connectivity index (χ1n) is 17.2. The Hall–Kier alpha value is -4.56. The van der Waals surface area contributed by atoms with Crippen LogP contribution in [0.5, 0.6) is 11.8 Å². The first-order chi connectivity index (χ1) is 23.4. The van der Waals surface area contributed by atoms with Gasteiger partial charge in [0.15, 0.2) is 0 Å². The lowest BCUT2D eigenvalue weighted by Crippen LogP contribution is -2.36. The number of hydrogen-bond donors (Lipinski definition) is 1. The summed E-state index contributed by atoms with van der Waals surface area (Å²) in [5, 5.41) is 10.3. The van der Waals surface area contributed by atoms with Crippen LogP contribution in [0.1, 0.15) is 60.8 Å². The molecule has 7 rings (SSSR count). The van der Waals surface area contributed by atoms with Crippen LogP contribution in [0.3, 0.4) is 0 Å². The maximum atomic E-state index is 12.9. The first-order valence-corrected chi connectivity index (χ1v) is 17.2. The van der Waals surface area contributed by atoms with Crippen molar-refractivity contribution in [2.45, 2.75) is 64.9 Å². The third-order valence-corrected chi connectivity index (χ3v) is 10.4. The zero-order valence-electron chi connectivity index (χ0n) is 28.3. The van der Waals surface area contributed by atoms with Crippen LogP contribution >= 0.6 is 0 Å². The lowest BCUT2D eigenvalue weighted by molar-refractivity contribution is -0.128. The van der Waals surface area contributed by atoms with Crippen molar-refractivity contribution in [2.75, 3.05) is 27.3 Å². The lowest BCUT2D eigenvalue weighted by Gasteiger charge is -2.20. The van der Waals surface area contributed by atoms with E-state index in [2.05, 4.69) is 67.4 Å². The number of ether oxygens (including phenoxy) is 2. The Labute approximate surface area is 282 Å². The van der Waals surface area contributed by atoms with Gasteiger partial charge in [-0.05, 0) is 98.7 Å². The van der Waals surface area contributed by atoms with Crippen molar-refractivity contribution in [1.82, 2.24) is 14.9 Å². The fourth-order valence-electron chi connectivity index (χ4n) is 7.45. The summed E-state index contributed by atoms with van der Waals surface area (Å²) in [5.41, 5.74) is 10.1. The number of methoxy groups -OCH3 is 2. The van der Waals surface area contributed by atoms with Crippen molar-refractivity contribution in [1.29, 1.82) is 0 Å². The van der Waals surface area contributed by atoms with Gasteiger partial charge < -0.3 is 14.6 Å². The van der Waals surface area contributed by atoms with E-state index in [0.29, 0.717) is 36.6 Å². The molecule has 2 saturated carbocycles. The van der Waals surface area contributed by atoms with E-state index in [0.717, 1.165) is 101 Å². The van der Waals surface area contributed by atoms with Gasteiger partial charge in [0.05, 0.1) is 43.8 Å². The predicted octanol–water partition coefficient (Wildman–Crippen LogP) is 7.20. The largest absolute Gasteiger partial charge is 0.481 e. The van der Waals surface area contributed by atoms with Crippen LogP contribution < -0.4 is 9.47 Å². The van der Waals surface area contributed by atoms with Crippen molar-refractivity contribution in [3.05, 3.63) is 82.9 Å². The molecule has 0 spiro atoms. The molecule has 8 nitrogen and oxygen atoms in total. The Morgan fingerprint density at radius 3 is 2.02 bits per heavy atom. The number of amides is 1. The number of aliphatic hydroxyl groups excluding tert-OH is 1. The molecule has 8 heteroatoms. The van der Waals surface area contributed by atoms with E-state index in [9.17, 15) is 9.90 Å². The van der Waals surface area contributed by atoms with Gasteiger partial charge in [-0.3, -0.25) is 14.7 Å². The molecular formula is C40H44N4O4. The molecular weight excluding hydrogens is 600 g/mol. The van der Waals surface area contributed by atoms with E-state index >= 15 is 0 Å². The van der Waals surface area contributed by atoms with Gasteiger partial charge in [0, 0.05) is 29.2 Å². The monoisotopic (exact) mass is 644 g/mol. The van der Waals surface area contributed by atoms with Crippen molar-refractivity contribution < 1.29 is 19.4 Å². The number of hydrogen-bond acceptors (Lipinski definition) is 7. The molecule has 1 N–H and O–H groups in total. The van der Waals surface area contributed by atoms with Crippen LogP contribution in [-0.4, -0.2) is 65.1 Å². The number of aryl methyl sites for hydroxylation is 1. The molecule has 0 unspecified atom stereocenters. The summed E-state index contributed by atoms with van der Waals surface area (Å²) in [6.45, 7) is 5.48. The van der Waals surface area contributed by atoms with Gasteiger partial charge in [0.1, 0.15) is 5.84 Å². The Morgan fingerprint density at radius 2 is 1.42 bits per heavy atom. The minimum atomic E-state index is -0.186. The van der Waals surface area contributed by atoms with E-state index in [-0.39, 0.29) is 17.9 Å². The summed E-state index contributed by atoms with van der Waals surface area (Å²) in [5.74, 6) is 2.41. The number of carbonyl (C=O) groups excluding carboxylic acids is 1. The van der Waals surface area contributed by atoms with Crippen molar-refractivity contribution in [3.63, 3.8) is 0 Å². The molecule has 248 valence electrons. The highest BCUT2D eigenvalue weighted by Gasteiger charge is 2.37. The zero-order valence-corrected chi connectivity index (χ0v) is 28.3. The van der Waals surface area contributed by atoms with Crippen molar-refractivity contribution in [3.8, 4) is 45.4 Å². The van der Waals surface area contributed by atoms with E-state index < -0.39 is 0 Å². The quantitative estimate of drug-likeness (QED) is 0.196. The fourth-order valence-corrected chi connectivity index (χ4v) is 7.45. The van der Waals surface area contributed by atoms with Gasteiger partial charge in [-0.25, -0.2) is 9.97 Å². The molecule has 4 aromatic rings. The fraction of sp³-hybridized carbons (Fsp3) is 0.400. The van der Waals surface area contributed by atoms with Crippen LogP contribution in [-0.2, 0) is 11.2 Å². The van der Waals surface area contributed by atoms with Gasteiger partial charge >= 0.3 is 0 Å². The second-order valence-electron chi connectivity index (χ2n) is 13.3. The number of aliphatic imine (C=N–C) groups is 1. The summed E-state index contributed by atoms with van der Waals surface area (Å²) >= 11 is 0. The number of pyridine rings is 2. The van der Waals surface area contributed by atoms with Crippen LogP contribution in [0.2, 0.25) is 0 Å². The zero-order chi connectivity index (χ0) is 33.4. The molecule has 0 saturated heterocycles. The number of aliphatic hydroxyl groups is 1. The van der Waals surface area contributed by atoms with Crippen LogP contribution in [0.25, 0.3) is 33.6 Å². The number of nitrogens with zero attached hydrogens (tertiary/aromatic N) is 4. The van der Waals surface area contributed by atoms with Crippen molar-refractivity contribution in [2.24, 2.45) is 16.8 Å². The van der Waals surface area contributed by atoms with Crippen LogP contribution in [0.4, 0.5) is 0 Å². The summed E-state index contributed by atoms with van der Waals surface area (Å²) < 4.78 is 11.5. The second-order valence-corrected chi connectivity index (χ2v) is 13.3. The molecule has 1 aliphatic heterocycles. The highest BCUT2D eigenvalue weighted by atomic mass is 16.5. The summed E-state index contributed by atoms with van der Waals surface area (Å²) in [6.07, 6.45) is 6.62. The van der Waals surface area contributed by atoms with Gasteiger partial charge in [-0.15, -0.1) is 0 Å².